The van der Waals surface area contributed by atoms with Crippen LogP contribution in [0.25, 0.3) is 33.2 Å². The van der Waals surface area contributed by atoms with Crippen molar-refractivity contribution >= 4 is 26.8 Å². The van der Waals surface area contributed by atoms with E-state index in [2.05, 4.69) is 75.5 Å². The highest BCUT2D eigenvalue weighted by molar-refractivity contribution is 9.10. The predicted octanol–water partition coefficient (Wildman–Crippen LogP) is 6.34. The third-order valence-corrected chi connectivity index (χ3v) is 4.73. The Morgan fingerprint density at radius 1 is 0.760 bits per heavy atom. The van der Waals surface area contributed by atoms with Crippen molar-refractivity contribution in [2.24, 2.45) is 0 Å². The Kier molecular flexibility index (Phi) is 4.24. The minimum Gasteiger partial charge on any atom is -0.481 e. The van der Waals surface area contributed by atoms with E-state index in [4.69, 9.17) is 4.74 Å². The number of ether oxygens (including phenoxy) is 1. The van der Waals surface area contributed by atoms with Gasteiger partial charge in [0.1, 0.15) is 0 Å². The van der Waals surface area contributed by atoms with Gasteiger partial charge in [-0.1, -0.05) is 64.5 Å². The monoisotopic (exact) mass is 389 g/mol. The summed E-state index contributed by atoms with van der Waals surface area (Å²) in [6, 6.07) is 27.1. The highest BCUT2D eigenvalue weighted by Crippen LogP contribution is 2.34. The number of methoxy groups -OCH3 is 1. The van der Waals surface area contributed by atoms with Gasteiger partial charge in [-0.25, -0.2) is 4.98 Å². The van der Waals surface area contributed by atoms with E-state index < -0.39 is 0 Å². The van der Waals surface area contributed by atoms with Crippen LogP contribution in [0.2, 0.25) is 0 Å². The van der Waals surface area contributed by atoms with Crippen LogP contribution in [0.3, 0.4) is 0 Å². The number of hydrogen-bond acceptors (Lipinski definition) is 2. The van der Waals surface area contributed by atoms with Gasteiger partial charge in [0.05, 0.1) is 12.6 Å². The number of fused-ring (bicyclic) bond motifs is 1. The summed E-state index contributed by atoms with van der Waals surface area (Å²) in [6.45, 7) is 0. The summed E-state index contributed by atoms with van der Waals surface area (Å²) in [5, 5.41) is 1.10. The van der Waals surface area contributed by atoms with Gasteiger partial charge < -0.3 is 4.74 Å². The summed E-state index contributed by atoms with van der Waals surface area (Å²) in [7, 11) is 1.65. The van der Waals surface area contributed by atoms with Crippen LogP contribution in [0, 0.1) is 0 Å². The Morgan fingerprint density at radius 3 is 2.32 bits per heavy atom. The molecule has 1 aromatic heterocycles. The van der Waals surface area contributed by atoms with Gasteiger partial charge >= 0.3 is 0 Å². The second kappa shape index (κ2) is 6.69. The lowest BCUT2D eigenvalue weighted by molar-refractivity contribution is 0.400. The van der Waals surface area contributed by atoms with Crippen molar-refractivity contribution in [3.05, 3.63) is 83.3 Å². The summed E-state index contributed by atoms with van der Waals surface area (Å²) < 4.78 is 6.44. The van der Waals surface area contributed by atoms with Crippen LogP contribution in [0.15, 0.2) is 83.3 Å². The van der Waals surface area contributed by atoms with Crippen LogP contribution in [-0.2, 0) is 0 Å². The first-order chi connectivity index (χ1) is 12.2. The molecule has 3 aromatic carbocycles. The van der Waals surface area contributed by atoms with Crippen molar-refractivity contribution < 1.29 is 4.74 Å². The Bertz CT molecular complexity index is 1040. The maximum Gasteiger partial charge on any atom is 0.214 e. The first-order valence-corrected chi connectivity index (χ1v) is 8.84. The van der Waals surface area contributed by atoms with Crippen LogP contribution in [-0.4, -0.2) is 12.1 Å². The number of nitrogens with zero attached hydrogens (tertiary/aromatic N) is 1. The molecule has 0 saturated carbocycles. The largest absolute Gasteiger partial charge is 0.481 e. The maximum atomic E-state index is 5.41. The minimum absolute atomic E-state index is 0.620. The number of aromatic nitrogens is 1. The first kappa shape index (κ1) is 15.9. The first-order valence-electron chi connectivity index (χ1n) is 8.05. The number of rotatable bonds is 3. The summed E-state index contributed by atoms with van der Waals surface area (Å²) in [5.41, 5.74) is 5.57. The van der Waals surface area contributed by atoms with Crippen LogP contribution in [0.5, 0.6) is 5.88 Å². The molecular weight excluding hydrogens is 374 g/mol. The lowest BCUT2D eigenvalue weighted by atomic mass is 9.97. The Hall–Kier alpha value is -2.65. The van der Waals surface area contributed by atoms with E-state index in [0.29, 0.717) is 5.88 Å². The molecule has 0 aliphatic rings. The average Bonchev–Trinajstić information content (AvgIpc) is 2.68. The molecular formula is C22H16BrNO. The molecule has 0 radical (unpaired) electrons. The molecule has 2 nitrogen and oxygen atoms in total. The third kappa shape index (κ3) is 3.15. The topological polar surface area (TPSA) is 22.1 Å². The summed E-state index contributed by atoms with van der Waals surface area (Å²) in [5.74, 6) is 0.620. The summed E-state index contributed by atoms with van der Waals surface area (Å²) >= 11 is 3.57. The fraction of sp³-hybridized carbons (Fsp3) is 0.0455. The zero-order chi connectivity index (χ0) is 17.2. The third-order valence-electron chi connectivity index (χ3n) is 4.24. The Balaban J connectivity index is 1.94. The quantitative estimate of drug-likeness (QED) is 0.407. The van der Waals surface area contributed by atoms with E-state index in [-0.39, 0.29) is 0 Å². The van der Waals surface area contributed by atoms with Gasteiger partial charge in [0.25, 0.3) is 0 Å². The van der Waals surface area contributed by atoms with Gasteiger partial charge in [-0.05, 0) is 46.5 Å². The zero-order valence-electron chi connectivity index (χ0n) is 13.7. The van der Waals surface area contributed by atoms with Gasteiger partial charge in [0.2, 0.25) is 5.88 Å². The highest BCUT2D eigenvalue weighted by atomic mass is 79.9. The number of hydrogen-bond donors (Lipinski definition) is 0. The van der Waals surface area contributed by atoms with Gasteiger partial charge in [-0.2, -0.15) is 0 Å². The number of halogens is 1. The molecule has 0 aliphatic carbocycles. The van der Waals surface area contributed by atoms with Crippen molar-refractivity contribution in [1.82, 2.24) is 4.98 Å². The molecule has 0 atom stereocenters. The van der Waals surface area contributed by atoms with Crippen molar-refractivity contribution in [3.8, 4) is 28.1 Å². The van der Waals surface area contributed by atoms with Crippen LogP contribution in [0.1, 0.15) is 0 Å². The molecule has 25 heavy (non-hydrogen) atoms. The summed E-state index contributed by atoms with van der Waals surface area (Å²) in [6.07, 6.45) is 0. The fourth-order valence-electron chi connectivity index (χ4n) is 3.01. The second-order valence-corrected chi connectivity index (χ2v) is 6.74. The minimum atomic E-state index is 0.620. The van der Waals surface area contributed by atoms with Crippen molar-refractivity contribution in [2.75, 3.05) is 7.11 Å². The maximum absolute atomic E-state index is 5.41. The van der Waals surface area contributed by atoms with E-state index in [1.54, 1.807) is 7.11 Å². The SMILES string of the molecule is COc1cc(-c2cccc(-c3ccccc3)c2)c2cc(Br)ccc2n1. The molecule has 4 rings (SSSR count). The normalized spacial score (nSPS) is 10.8. The van der Waals surface area contributed by atoms with E-state index in [1.165, 1.54) is 11.1 Å². The van der Waals surface area contributed by atoms with Crippen molar-refractivity contribution in [3.63, 3.8) is 0 Å². The second-order valence-electron chi connectivity index (χ2n) is 5.82. The molecule has 0 spiro atoms. The molecule has 0 N–H and O–H groups in total. The molecule has 3 heteroatoms. The molecule has 4 aromatic rings. The smallest absolute Gasteiger partial charge is 0.214 e. The number of benzene rings is 3. The Morgan fingerprint density at radius 2 is 1.52 bits per heavy atom. The van der Waals surface area contributed by atoms with Crippen molar-refractivity contribution in [1.29, 1.82) is 0 Å². The predicted molar refractivity (Wildman–Crippen MR) is 107 cm³/mol. The van der Waals surface area contributed by atoms with E-state index in [9.17, 15) is 0 Å². The molecule has 0 saturated heterocycles. The van der Waals surface area contributed by atoms with Gasteiger partial charge in [-0.3, -0.25) is 0 Å². The lowest BCUT2D eigenvalue weighted by Crippen LogP contribution is -1.91. The molecule has 0 fully saturated rings. The van der Waals surface area contributed by atoms with Crippen LogP contribution in [0.4, 0.5) is 0 Å². The van der Waals surface area contributed by atoms with Gasteiger partial charge in [0.15, 0.2) is 0 Å². The molecule has 0 amide bonds. The van der Waals surface area contributed by atoms with E-state index in [1.807, 2.05) is 24.3 Å². The van der Waals surface area contributed by atoms with Gasteiger partial charge in [0, 0.05) is 15.9 Å². The van der Waals surface area contributed by atoms with E-state index in [0.717, 1.165) is 26.5 Å². The molecule has 0 aliphatic heterocycles. The highest BCUT2D eigenvalue weighted by Gasteiger charge is 2.10. The molecule has 122 valence electrons. The molecule has 1 heterocycles. The van der Waals surface area contributed by atoms with E-state index >= 15 is 0 Å². The molecule has 0 unspecified atom stereocenters. The zero-order valence-corrected chi connectivity index (χ0v) is 15.3. The van der Waals surface area contributed by atoms with Crippen molar-refractivity contribution in [2.45, 2.75) is 0 Å². The average molecular weight is 390 g/mol. The van der Waals surface area contributed by atoms with Crippen LogP contribution >= 0.6 is 15.9 Å². The van der Waals surface area contributed by atoms with Crippen LogP contribution < -0.4 is 4.74 Å². The number of pyridine rings is 1. The molecule has 0 bridgehead atoms. The summed E-state index contributed by atoms with van der Waals surface area (Å²) in [4.78, 5) is 4.56. The van der Waals surface area contributed by atoms with Gasteiger partial charge in [-0.15, -0.1) is 0 Å². The lowest BCUT2D eigenvalue weighted by Gasteiger charge is -2.11. The Labute approximate surface area is 155 Å². The fourth-order valence-corrected chi connectivity index (χ4v) is 3.38. The standard InChI is InChI=1S/C22H16BrNO/c1-25-22-14-19(20-13-18(23)10-11-21(20)24-22)17-9-5-8-16(12-17)15-6-3-2-4-7-15/h2-14H,1H3.